The molecule has 10 atom stereocenters. The number of hydrogen-bond acceptors (Lipinski definition) is 18. The van der Waals surface area contributed by atoms with Crippen LogP contribution in [0.4, 0.5) is 10.1 Å². The second-order valence-electron chi connectivity index (χ2n) is 23.1. The number of phenols is 1. The lowest BCUT2D eigenvalue weighted by Crippen LogP contribution is -2.53. The van der Waals surface area contributed by atoms with Crippen molar-refractivity contribution in [1.29, 1.82) is 0 Å². The number of rotatable bonds is 9. The number of methoxy groups -OCH3 is 1. The smallest absolute Gasteiger partial charge is 0.341 e. The van der Waals surface area contributed by atoms with Crippen LogP contribution in [0.25, 0.3) is 5.52 Å². The summed E-state index contributed by atoms with van der Waals surface area (Å²) < 4.78 is 40.9. The summed E-state index contributed by atoms with van der Waals surface area (Å²) >= 11 is 0. The Kier molecular flexibility index (Phi) is 16.8. The van der Waals surface area contributed by atoms with Gasteiger partial charge in [-0.3, -0.25) is 33.2 Å². The highest BCUT2D eigenvalue weighted by Crippen LogP contribution is 2.50. The van der Waals surface area contributed by atoms with Crippen LogP contribution in [0.5, 0.6) is 11.5 Å². The number of aromatic hydroxyl groups is 1. The molecular formula is C60H73FN6O15. The molecule has 3 fully saturated rings. The molecule has 5 bridgehead atoms. The van der Waals surface area contributed by atoms with Gasteiger partial charge in [0.15, 0.2) is 5.82 Å². The molecule has 3 aromatic rings. The third-order valence-corrected chi connectivity index (χ3v) is 17.4. The number of aliphatic hydroxyl groups is 2. The van der Waals surface area contributed by atoms with Crippen LogP contribution in [-0.2, 0) is 23.8 Å². The molecule has 7 heterocycles. The molecule has 22 heteroatoms. The van der Waals surface area contributed by atoms with E-state index in [1.54, 1.807) is 38.7 Å². The molecule has 1 saturated carbocycles. The van der Waals surface area contributed by atoms with Crippen LogP contribution in [0.1, 0.15) is 138 Å². The highest BCUT2D eigenvalue weighted by molar-refractivity contribution is 6.32. The van der Waals surface area contributed by atoms with Gasteiger partial charge in [-0.05, 0) is 94.5 Å². The number of aryl methyl sites for hydroxylation is 1. The minimum atomic E-state index is -2.16. The number of likely N-dealkylation sites (tertiary alicyclic amines) is 1. The van der Waals surface area contributed by atoms with Crippen LogP contribution in [0.3, 0.4) is 0 Å². The number of benzene rings is 1. The standard InChI is InChI=1S/C60H73FN6O15/c1-27-11-10-12-28(2)57(75)64-45-48(65-20-16-36(17-21-65)63-24-34-15-19-66(25-34)47-30(4)46-37(35-13-14-35)23-38(59(77)78)58(76)67(46)26-39(47)61)53(73)41-42(52(45)72)50(70)31(5)55-43(41)56(74)60(8,82-55)80-22-18-40(79-9)29(3)54(81-33(7)68)32(6)51(71)44(62)49(27)69/h10-12,18,22-23,26-27,29,32,34-36,40,44,49,51,54,63,69-71H,13-17,19-21,24-25,62H2,1-9H3,(H,64,75)(H,77,78)/b11-10+,22-18+,28-12-/t27-,29+,32+,34?,40-,44+,49-,51-,54+,60-/m0/s1. The SMILES string of the molecule is CO[C@H]1/C=C/O[C@@]2(C)Oc3c(C)c(O)c4c(c3C2=O)C(=O)C(N2CCC(NCC3CCN(c5c(F)cn6c(=O)c(C(=O)O)cc(C7CC7)c6c5C)C3)CC2)=C(NC(=O)/C(C)=C\C=C\[C@H](C)[C@H](O)[C@@H](N)[C@@H](O)[C@@H](C)[C@H](OC(C)=O)[C@@H]1C)C4=O. The van der Waals surface area contributed by atoms with Crippen LogP contribution < -0.4 is 31.6 Å². The van der Waals surface area contributed by atoms with Gasteiger partial charge in [0.2, 0.25) is 11.6 Å². The van der Waals surface area contributed by atoms with Crippen molar-refractivity contribution < 1.29 is 72.5 Å². The number of ether oxygens (including phenoxy) is 4. The Bertz CT molecular complexity index is 3340. The van der Waals surface area contributed by atoms with Crippen molar-refractivity contribution in [2.45, 2.75) is 136 Å². The van der Waals surface area contributed by atoms with E-state index in [1.165, 1.54) is 59.1 Å². The summed E-state index contributed by atoms with van der Waals surface area (Å²) in [7, 11) is 1.39. The van der Waals surface area contributed by atoms with E-state index in [9.17, 15) is 44.4 Å². The van der Waals surface area contributed by atoms with E-state index in [1.807, 2.05) is 4.90 Å². The fourth-order valence-corrected chi connectivity index (χ4v) is 12.5. The second kappa shape index (κ2) is 23.2. The number of Topliss-reactive ketones (excluding diaryl/α,β-unsaturated/α-hetero) is 3. The van der Waals surface area contributed by atoms with Gasteiger partial charge in [0, 0.05) is 82.1 Å². The Labute approximate surface area is 473 Å². The number of fused-ring (bicyclic) bond motifs is 15. The number of nitrogens with one attached hydrogen (secondary N) is 2. The molecule has 7 aliphatic rings. The van der Waals surface area contributed by atoms with E-state index in [-0.39, 0.29) is 59.1 Å². The average molecular weight is 1140 g/mol. The van der Waals surface area contributed by atoms with Crippen molar-refractivity contribution in [2.75, 3.05) is 44.7 Å². The molecule has 82 heavy (non-hydrogen) atoms. The fraction of sp³-hybridized carbons (Fsp3) is 0.517. The van der Waals surface area contributed by atoms with Crippen LogP contribution in [0.2, 0.25) is 0 Å². The first-order valence-electron chi connectivity index (χ1n) is 27.9. The van der Waals surface area contributed by atoms with Gasteiger partial charge >= 0.3 is 17.7 Å². The van der Waals surface area contributed by atoms with Gasteiger partial charge in [0.1, 0.15) is 34.6 Å². The first-order valence-corrected chi connectivity index (χ1v) is 27.9. The topological polar surface area (TPSA) is 298 Å². The predicted octanol–water partition coefficient (Wildman–Crippen LogP) is 4.87. The number of allylic oxidation sites excluding steroid dienone is 4. The number of carboxylic acid groups (broad SMARTS) is 1. The number of carbonyl (C=O) groups is 6. The zero-order valence-electron chi connectivity index (χ0n) is 47.5. The van der Waals surface area contributed by atoms with Gasteiger partial charge in [-0.15, -0.1) is 0 Å². The number of aromatic carboxylic acids is 1. The van der Waals surface area contributed by atoms with Crippen LogP contribution in [-0.4, -0.2) is 147 Å². The maximum Gasteiger partial charge on any atom is 0.341 e. The zero-order valence-corrected chi connectivity index (χ0v) is 47.5. The Morgan fingerprint density at radius 1 is 0.915 bits per heavy atom. The number of aromatic nitrogens is 1. The van der Waals surface area contributed by atoms with E-state index in [2.05, 4.69) is 10.6 Å². The van der Waals surface area contributed by atoms with Gasteiger partial charge in [-0.1, -0.05) is 39.0 Å². The van der Waals surface area contributed by atoms with Crippen molar-refractivity contribution in [3.05, 3.63) is 115 Å². The molecule has 5 aliphatic heterocycles. The van der Waals surface area contributed by atoms with Crippen molar-refractivity contribution in [3.63, 3.8) is 0 Å². The number of esters is 1. The van der Waals surface area contributed by atoms with E-state index in [0.717, 1.165) is 41.7 Å². The maximum absolute atomic E-state index is 16.1. The number of halogens is 1. The highest BCUT2D eigenvalue weighted by Gasteiger charge is 2.53. The lowest BCUT2D eigenvalue weighted by molar-refractivity contribution is -0.159. The molecule has 440 valence electrons. The lowest BCUT2D eigenvalue weighted by Gasteiger charge is -2.38. The minimum absolute atomic E-state index is 0.0412. The number of carboxylic acids is 1. The molecule has 10 rings (SSSR count). The predicted molar refractivity (Wildman–Crippen MR) is 297 cm³/mol. The molecule has 1 aromatic carbocycles. The zero-order chi connectivity index (χ0) is 59.5. The van der Waals surface area contributed by atoms with Gasteiger partial charge < -0.3 is 65.5 Å². The van der Waals surface area contributed by atoms with Crippen molar-refractivity contribution >= 4 is 46.4 Å². The van der Waals surface area contributed by atoms with Crippen LogP contribution in [0, 0.1) is 43.3 Å². The van der Waals surface area contributed by atoms with E-state index < -0.39 is 129 Å². The van der Waals surface area contributed by atoms with Crippen LogP contribution in [0.15, 0.2) is 64.6 Å². The summed E-state index contributed by atoms with van der Waals surface area (Å²) in [6.07, 6.45) is 6.91. The minimum Gasteiger partial charge on any atom is -0.507 e. The summed E-state index contributed by atoms with van der Waals surface area (Å²) in [4.78, 5) is 101. The lowest BCUT2D eigenvalue weighted by atomic mass is 9.81. The number of pyridine rings is 2. The molecule has 21 nitrogen and oxygen atoms in total. The monoisotopic (exact) mass is 1140 g/mol. The summed E-state index contributed by atoms with van der Waals surface area (Å²) in [5, 5.41) is 50.8. The first kappa shape index (κ1) is 59.4. The van der Waals surface area contributed by atoms with Crippen molar-refractivity contribution in [3.8, 4) is 11.5 Å². The summed E-state index contributed by atoms with van der Waals surface area (Å²) in [6.45, 7) is 14.2. The summed E-state index contributed by atoms with van der Waals surface area (Å²) in [5.41, 5.74) is 5.71. The Hall–Kier alpha value is -7.24. The average Bonchev–Trinajstić information content (AvgIpc) is 1.70. The fourth-order valence-electron chi connectivity index (χ4n) is 12.5. The van der Waals surface area contributed by atoms with E-state index in [4.69, 9.17) is 24.7 Å². The number of ketones is 3. The number of nitrogens with zero attached hydrogens (tertiary/aromatic N) is 3. The number of hydrogen-bond donors (Lipinski definition) is 7. The molecule has 2 saturated heterocycles. The van der Waals surface area contributed by atoms with Gasteiger partial charge in [-0.25, -0.2) is 9.18 Å². The van der Waals surface area contributed by atoms with Gasteiger partial charge in [0.25, 0.3) is 17.2 Å². The molecule has 1 amide bonds. The van der Waals surface area contributed by atoms with Crippen LogP contribution >= 0.6 is 0 Å². The molecule has 0 spiro atoms. The number of aliphatic hydroxyl groups excluding tert-OH is 2. The Morgan fingerprint density at radius 2 is 1.60 bits per heavy atom. The summed E-state index contributed by atoms with van der Waals surface area (Å²) in [6, 6.07) is 0.124. The molecular weight excluding hydrogens is 1060 g/mol. The number of piperidine rings is 1. The maximum atomic E-state index is 16.1. The third-order valence-electron chi connectivity index (χ3n) is 17.4. The number of nitrogens with two attached hydrogens (primary N) is 1. The van der Waals surface area contributed by atoms with E-state index >= 15 is 14.0 Å². The molecule has 8 N–H and O–H groups in total. The third kappa shape index (κ3) is 10.9. The molecule has 0 radical (unpaired) electrons. The largest absolute Gasteiger partial charge is 0.507 e. The van der Waals surface area contributed by atoms with Gasteiger partial charge in [0.05, 0.1) is 64.7 Å². The van der Waals surface area contributed by atoms with Gasteiger partial charge in [-0.2, -0.15) is 0 Å². The molecule has 2 aromatic heterocycles. The number of carbonyl (C=O) groups excluding carboxylic acids is 5. The second-order valence-corrected chi connectivity index (χ2v) is 23.1. The normalized spacial score (nSPS) is 30.0. The molecule has 1 unspecified atom stereocenters. The Balaban J connectivity index is 0.989. The Morgan fingerprint density at radius 3 is 2.24 bits per heavy atom. The number of phenolic OH excluding ortho intramolecular Hbond substituents is 1. The molecule has 2 aliphatic carbocycles. The summed E-state index contributed by atoms with van der Waals surface area (Å²) in [5.74, 6) is -11.1. The van der Waals surface area contributed by atoms with Crippen molar-refractivity contribution in [1.82, 2.24) is 19.9 Å². The highest BCUT2D eigenvalue weighted by atomic mass is 19.1. The number of amides is 1. The van der Waals surface area contributed by atoms with Crippen molar-refractivity contribution in [2.24, 2.45) is 29.4 Å². The first-order chi connectivity index (χ1) is 38.8. The quantitative estimate of drug-likeness (QED) is 0.141. The number of anilines is 1. The van der Waals surface area contributed by atoms with E-state index in [0.29, 0.717) is 49.2 Å².